The van der Waals surface area contributed by atoms with Crippen molar-refractivity contribution in [3.63, 3.8) is 0 Å². The highest BCUT2D eigenvalue weighted by atomic mass is 35.5. The van der Waals surface area contributed by atoms with Crippen LogP contribution in [0.25, 0.3) is 11.1 Å². The van der Waals surface area contributed by atoms with Crippen molar-refractivity contribution < 1.29 is 0 Å². The summed E-state index contributed by atoms with van der Waals surface area (Å²) in [5, 5.41) is 0.847. The van der Waals surface area contributed by atoms with E-state index < -0.39 is 0 Å². The van der Waals surface area contributed by atoms with Crippen LogP contribution >= 0.6 is 11.6 Å². The van der Waals surface area contributed by atoms with Crippen molar-refractivity contribution in [1.29, 1.82) is 0 Å². The van der Waals surface area contributed by atoms with Crippen LogP contribution in [0.2, 0.25) is 5.02 Å². The molecule has 0 fully saturated rings. The maximum atomic E-state index is 6.52. The Bertz CT molecular complexity index is 563. The lowest BCUT2D eigenvalue weighted by atomic mass is 9.83. The highest BCUT2D eigenvalue weighted by Crippen LogP contribution is 2.40. The molecule has 0 N–H and O–H groups in total. The van der Waals surface area contributed by atoms with Crippen LogP contribution in [0.1, 0.15) is 56.2 Å². The molecular formula is C19H23Cl. The summed E-state index contributed by atoms with van der Waals surface area (Å²) in [4.78, 5) is 0. The Morgan fingerprint density at radius 1 is 0.750 bits per heavy atom. The van der Waals surface area contributed by atoms with Crippen molar-refractivity contribution in [3.05, 3.63) is 58.1 Å². The van der Waals surface area contributed by atoms with Gasteiger partial charge in [-0.25, -0.2) is 0 Å². The minimum absolute atomic E-state index is 0.486. The molecular weight excluding hydrogens is 264 g/mol. The molecule has 106 valence electrons. The van der Waals surface area contributed by atoms with E-state index in [0.29, 0.717) is 11.8 Å². The summed E-state index contributed by atoms with van der Waals surface area (Å²) in [6.45, 7) is 11.1. The molecule has 0 bridgehead atoms. The van der Waals surface area contributed by atoms with Crippen LogP contribution in [-0.2, 0) is 0 Å². The Hall–Kier alpha value is -1.27. The first-order chi connectivity index (χ1) is 9.43. The Kier molecular flexibility index (Phi) is 4.55. The van der Waals surface area contributed by atoms with Gasteiger partial charge >= 0.3 is 0 Å². The van der Waals surface area contributed by atoms with Gasteiger partial charge in [-0.05, 0) is 47.1 Å². The van der Waals surface area contributed by atoms with Gasteiger partial charge in [-0.3, -0.25) is 0 Å². The molecule has 0 radical (unpaired) electrons. The quantitative estimate of drug-likeness (QED) is 0.599. The maximum Gasteiger partial charge on any atom is 0.0487 e. The van der Waals surface area contributed by atoms with Gasteiger partial charge in [0.1, 0.15) is 0 Å². The van der Waals surface area contributed by atoms with Crippen LogP contribution in [-0.4, -0.2) is 0 Å². The number of benzene rings is 2. The number of aryl methyl sites for hydroxylation is 1. The second-order valence-corrected chi connectivity index (χ2v) is 6.46. The van der Waals surface area contributed by atoms with E-state index in [4.69, 9.17) is 11.6 Å². The summed E-state index contributed by atoms with van der Waals surface area (Å²) < 4.78 is 0. The van der Waals surface area contributed by atoms with Crippen molar-refractivity contribution in [3.8, 4) is 11.1 Å². The van der Waals surface area contributed by atoms with Crippen molar-refractivity contribution >= 4 is 11.6 Å². The molecule has 2 aromatic carbocycles. The van der Waals surface area contributed by atoms with E-state index in [1.54, 1.807) is 0 Å². The van der Waals surface area contributed by atoms with E-state index in [2.05, 4.69) is 58.9 Å². The molecule has 0 aliphatic heterocycles. The molecule has 20 heavy (non-hydrogen) atoms. The summed E-state index contributed by atoms with van der Waals surface area (Å²) in [6.07, 6.45) is 0. The van der Waals surface area contributed by atoms with Crippen LogP contribution in [0, 0.1) is 6.92 Å². The predicted octanol–water partition coefficient (Wildman–Crippen LogP) is 6.56. The molecule has 0 amide bonds. The maximum absolute atomic E-state index is 6.52. The highest BCUT2D eigenvalue weighted by molar-refractivity contribution is 6.33. The molecule has 0 aliphatic rings. The minimum atomic E-state index is 0.486. The van der Waals surface area contributed by atoms with Crippen LogP contribution in [0.5, 0.6) is 0 Å². The van der Waals surface area contributed by atoms with E-state index >= 15 is 0 Å². The summed E-state index contributed by atoms with van der Waals surface area (Å²) in [7, 11) is 0. The van der Waals surface area contributed by atoms with Gasteiger partial charge in [0, 0.05) is 10.6 Å². The summed E-state index contributed by atoms with van der Waals surface area (Å²) >= 11 is 6.52. The molecule has 0 unspecified atom stereocenters. The lowest BCUT2D eigenvalue weighted by molar-refractivity contribution is 0.838. The molecule has 0 aromatic heterocycles. The summed E-state index contributed by atoms with van der Waals surface area (Å²) in [5.41, 5.74) is 6.54. The monoisotopic (exact) mass is 286 g/mol. The number of hydrogen-bond acceptors (Lipinski definition) is 0. The topological polar surface area (TPSA) is 0 Å². The Morgan fingerprint density at radius 3 is 1.70 bits per heavy atom. The van der Waals surface area contributed by atoms with Crippen molar-refractivity contribution in [2.75, 3.05) is 0 Å². The fraction of sp³-hybridized carbons (Fsp3) is 0.368. The largest absolute Gasteiger partial charge is 0.0837 e. The van der Waals surface area contributed by atoms with Crippen LogP contribution in [0.15, 0.2) is 36.4 Å². The molecule has 0 saturated carbocycles. The smallest absolute Gasteiger partial charge is 0.0487 e. The molecule has 0 spiro atoms. The second kappa shape index (κ2) is 6.01. The van der Waals surface area contributed by atoms with Crippen LogP contribution in [0.3, 0.4) is 0 Å². The third kappa shape index (κ3) is 2.76. The van der Waals surface area contributed by atoms with E-state index in [-0.39, 0.29) is 0 Å². The number of halogens is 1. The van der Waals surface area contributed by atoms with Gasteiger partial charge in [-0.1, -0.05) is 69.6 Å². The van der Waals surface area contributed by atoms with Crippen molar-refractivity contribution in [1.82, 2.24) is 0 Å². The molecule has 0 saturated heterocycles. The predicted molar refractivity (Wildman–Crippen MR) is 89.8 cm³/mol. The Morgan fingerprint density at radius 2 is 1.25 bits per heavy atom. The normalized spacial score (nSPS) is 11.4. The minimum Gasteiger partial charge on any atom is -0.0837 e. The standard InChI is InChI=1S/C19H23Cl/c1-12(2)15-9-7-10-16(13(3)4)19(15)18-14(5)8-6-11-17(18)20/h6-13H,1-5H3. The summed E-state index contributed by atoms with van der Waals surface area (Å²) in [6, 6.07) is 12.8. The average molecular weight is 287 g/mol. The van der Waals surface area contributed by atoms with Crippen LogP contribution in [0.4, 0.5) is 0 Å². The van der Waals surface area contributed by atoms with Gasteiger partial charge in [-0.15, -0.1) is 0 Å². The first-order valence-electron chi connectivity index (χ1n) is 7.31. The summed E-state index contributed by atoms with van der Waals surface area (Å²) in [5.74, 6) is 0.971. The van der Waals surface area contributed by atoms with E-state index in [1.807, 2.05) is 12.1 Å². The average Bonchev–Trinajstić information content (AvgIpc) is 2.38. The highest BCUT2D eigenvalue weighted by Gasteiger charge is 2.18. The van der Waals surface area contributed by atoms with Crippen LogP contribution < -0.4 is 0 Å². The third-order valence-corrected chi connectivity index (χ3v) is 4.16. The lowest BCUT2D eigenvalue weighted by Gasteiger charge is -2.22. The number of hydrogen-bond donors (Lipinski definition) is 0. The first kappa shape index (κ1) is 15.1. The number of rotatable bonds is 3. The van der Waals surface area contributed by atoms with E-state index in [9.17, 15) is 0 Å². The fourth-order valence-corrected chi connectivity index (χ4v) is 3.10. The van der Waals surface area contributed by atoms with Gasteiger partial charge in [-0.2, -0.15) is 0 Å². The Labute approximate surface area is 127 Å². The second-order valence-electron chi connectivity index (χ2n) is 6.05. The lowest BCUT2D eigenvalue weighted by Crippen LogP contribution is -2.01. The zero-order valence-corrected chi connectivity index (χ0v) is 13.8. The van der Waals surface area contributed by atoms with E-state index in [1.165, 1.54) is 27.8 Å². The van der Waals surface area contributed by atoms with Gasteiger partial charge in [0.05, 0.1) is 0 Å². The third-order valence-electron chi connectivity index (χ3n) is 3.84. The van der Waals surface area contributed by atoms with Crippen molar-refractivity contribution in [2.24, 2.45) is 0 Å². The SMILES string of the molecule is Cc1cccc(Cl)c1-c1c(C(C)C)cccc1C(C)C. The molecule has 2 aromatic rings. The van der Waals surface area contributed by atoms with Gasteiger partial charge in [0.2, 0.25) is 0 Å². The molecule has 0 heterocycles. The van der Waals surface area contributed by atoms with Gasteiger partial charge in [0.15, 0.2) is 0 Å². The van der Waals surface area contributed by atoms with Gasteiger partial charge < -0.3 is 0 Å². The molecule has 0 atom stereocenters. The fourth-order valence-electron chi connectivity index (χ4n) is 2.79. The van der Waals surface area contributed by atoms with Gasteiger partial charge in [0.25, 0.3) is 0 Å². The molecule has 0 aliphatic carbocycles. The first-order valence-corrected chi connectivity index (χ1v) is 7.69. The Balaban J connectivity index is 2.83. The zero-order chi connectivity index (χ0) is 14.9. The molecule has 0 nitrogen and oxygen atoms in total. The molecule has 1 heteroatoms. The molecule has 2 rings (SSSR count). The zero-order valence-electron chi connectivity index (χ0n) is 13.0. The van der Waals surface area contributed by atoms with E-state index in [0.717, 1.165) is 5.02 Å². The van der Waals surface area contributed by atoms with Crippen molar-refractivity contribution in [2.45, 2.75) is 46.5 Å².